The van der Waals surface area contributed by atoms with Crippen molar-refractivity contribution < 1.29 is 12.8 Å². The second kappa shape index (κ2) is 5.64. The normalized spacial score (nSPS) is 11.6. The average Bonchev–Trinajstić information content (AvgIpc) is 2.76. The number of aryl methyl sites for hydroxylation is 2. The number of aromatic nitrogens is 1. The van der Waals surface area contributed by atoms with Crippen LogP contribution in [0.25, 0.3) is 0 Å². The molecule has 6 nitrogen and oxygen atoms in total. The third-order valence-electron chi connectivity index (χ3n) is 2.94. The highest BCUT2D eigenvalue weighted by molar-refractivity contribution is 7.89. The zero-order valence-corrected chi connectivity index (χ0v) is 12.4. The van der Waals surface area contributed by atoms with Crippen LogP contribution in [0, 0.1) is 13.8 Å². The Kier molecular flexibility index (Phi) is 4.10. The molecule has 7 heteroatoms. The quantitative estimate of drug-likeness (QED) is 0.879. The number of sulfonamides is 1. The lowest BCUT2D eigenvalue weighted by atomic mass is 10.3. The van der Waals surface area contributed by atoms with E-state index in [9.17, 15) is 8.42 Å². The molecule has 0 amide bonds. The Bertz CT molecular complexity index is 671. The van der Waals surface area contributed by atoms with Crippen molar-refractivity contribution in [3.05, 3.63) is 41.6 Å². The molecule has 108 valence electrons. The van der Waals surface area contributed by atoms with Crippen LogP contribution in [0.4, 0.5) is 5.69 Å². The van der Waals surface area contributed by atoms with E-state index in [-0.39, 0.29) is 11.4 Å². The molecule has 0 radical (unpaired) electrons. The first-order valence-electron chi connectivity index (χ1n) is 6.13. The summed E-state index contributed by atoms with van der Waals surface area (Å²) in [6.45, 7) is 3.63. The van der Waals surface area contributed by atoms with Gasteiger partial charge in [0.15, 0.2) is 0 Å². The van der Waals surface area contributed by atoms with Gasteiger partial charge in [-0.2, -0.15) is 0 Å². The van der Waals surface area contributed by atoms with E-state index < -0.39 is 10.0 Å². The number of nitrogens with zero attached hydrogens (tertiary/aromatic N) is 1. The molecule has 0 aliphatic heterocycles. The van der Waals surface area contributed by atoms with E-state index in [2.05, 4.69) is 15.0 Å². The summed E-state index contributed by atoms with van der Waals surface area (Å²) in [5, 5.41) is 2.93. The fraction of sp³-hybridized carbons (Fsp3) is 0.308. The molecule has 1 heterocycles. The summed E-state index contributed by atoms with van der Waals surface area (Å²) < 4.78 is 32.0. The van der Waals surface area contributed by atoms with Gasteiger partial charge in [0, 0.05) is 12.7 Å². The highest BCUT2D eigenvalue weighted by Crippen LogP contribution is 2.14. The maximum Gasteiger partial charge on any atom is 0.241 e. The van der Waals surface area contributed by atoms with Crippen LogP contribution in [0.3, 0.4) is 0 Å². The molecule has 2 N–H and O–H groups in total. The highest BCUT2D eigenvalue weighted by atomic mass is 32.2. The molecule has 1 aromatic carbocycles. The van der Waals surface area contributed by atoms with Crippen LogP contribution in [0.1, 0.15) is 17.3 Å². The van der Waals surface area contributed by atoms with Crippen LogP contribution in [0.15, 0.2) is 33.6 Å². The summed E-state index contributed by atoms with van der Waals surface area (Å²) in [6.07, 6.45) is 0. The van der Waals surface area contributed by atoms with Gasteiger partial charge in [-0.1, -0.05) is 0 Å². The molecule has 0 bridgehead atoms. The Balaban J connectivity index is 2.10. The molecule has 0 aliphatic carbocycles. The largest absolute Gasteiger partial charge is 0.444 e. The molecule has 0 spiro atoms. The van der Waals surface area contributed by atoms with Crippen molar-refractivity contribution in [3.63, 3.8) is 0 Å². The molecular formula is C13H17N3O3S. The van der Waals surface area contributed by atoms with Gasteiger partial charge in [0.2, 0.25) is 15.9 Å². The van der Waals surface area contributed by atoms with Gasteiger partial charge in [-0.15, -0.1) is 0 Å². The second-order valence-electron chi connectivity index (χ2n) is 4.35. The molecule has 2 rings (SSSR count). The van der Waals surface area contributed by atoms with Gasteiger partial charge in [0.1, 0.15) is 5.76 Å². The Morgan fingerprint density at radius 3 is 2.35 bits per heavy atom. The minimum absolute atomic E-state index is 0.0325. The molecule has 0 saturated heterocycles. The van der Waals surface area contributed by atoms with Crippen LogP contribution in [0.5, 0.6) is 0 Å². The predicted molar refractivity (Wildman–Crippen MR) is 76.0 cm³/mol. The van der Waals surface area contributed by atoms with E-state index in [1.165, 1.54) is 0 Å². The zero-order chi connectivity index (χ0) is 14.8. The van der Waals surface area contributed by atoms with Crippen LogP contribution in [-0.2, 0) is 16.6 Å². The molecule has 0 saturated carbocycles. The van der Waals surface area contributed by atoms with E-state index in [4.69, 9.17) is 4.42 Å². The fourth-order valence-corrected chi connectivity index (χ4v) is 2.63. The van der Waals surface area contributed by atoms with Crippen molar-refractivity contribution in [2.45, 2.75) is 25.3 Å². The van der Waals surface area contributed by atoms with Gasteiger partial charge in [-0.3, -0.25) is 0 Å². The van der Waals surface area contributed by atoms with Gasteiger partial charge < -0.3 is 9.73 Å². The summed E-state index contributed by atoms with van der Waals surface area (Å²) in [6, 6.07) is 6.49. The van der Waals surface area contributed by atoms with Gasteiger partial charge in [0.25, 0.3) is 0 Å². The van der Waals surface area contributed by atoms with Crippen LogP contribution in [0.2, 0.25) is 0 Å². The van der Waals surface area contributed by atoms with E-state index in [0.717, 1.165) is 11.4 Å². The number of hydrogen-bond donors (Lipinski definition) is 2. The maximum atomic E-state index is 12.1. The Hall–Kier alpha value is -1.86. The fourth-order valence-electron chi connectivity index (χ4n) is 1.66. The molecule has 0 fully saturated rings. The average molecular weight is 295 g/mol. The van der Waals surface area contributed by atoms with Gasteiger partial charge in [-0.05, 0) is 38.1 Å². The minimum atomic E-state index is -3.56. The summed E-state index contributed by atoms with van der Waals surface area (Å²) in [5.41, 5.74) is 1.61. The first-order chi connectivity index (χ1) is 9.42. The van der Waals surface area contributed by atoms with E-state index in [0.29, 0.717) is 11.7 Å². The Morgan fingerprint density at radius 2 is 1.85 bits per heavy atom. The summed E-state index contributed by atoms with van der Waals surface area (Å²) >= 11 is 0. The van der Waals surface area contributed by atoms with E-state index in [1.54, 1.807) is 38.2 Å². The van der Waals surface area contributed by atoms with Crippen molar-refractivity contribution in [3.8, 4) is 0 Å². The third kappa shape index (κ3) is 3.17. The van der Waals surface area contributed by atoms with Gasteiger partial charge in [-0.25, -0.2) is 18.1 Å². The molecular weight excluding hydrogens is 278 g/mol. The molecule has 0 unspecified atom stereocenters. The molecule has 2 aromatic rings. The molecule has 0 atom stereocenters. The standard InChI is InChI=1S/C13H17N3O3S/c1-9-10(2)19-13(16-9)8-15-20(17,18)12-6-4-11(14-3)5-7-12/h4-7,14-15H,8H2,1-3H3. The second-order valence-corrected chi connectivity index (χ2v) is 6.12. The highest BCUT2D eigenvalue weighted by Gasteiger charge is 2.15. The number of nitrogens with one attached hydrogen (secondary N) is 2. The number of hydrogen-bond acceptors (Lipinski definition) is 5. The van der Waals surface area contributed by atoms with E-state index >= 15 is 0 Å². The smallest absolute Gasteiger partial charge is 0.241 e. The summed E-state index contributed by atoms with van der Waals surface area (Å²) in [5.74, 6) is 1.05. The lowest BCUT2D eigenvalue weighted by Gasteiger charge is -2.06. The third-order valence-corrected chi connectivity index (χ3v) is 4.36. The van der Waals surface area contributed by atoms with Crippen molar-refractivity contribution in [2.75, 3.05) is 12.4 Å². The maximum absolute atomic E-state index is 12.1. The monoisotopic (exact) mass is 295 g/mol. The number of anilines is 1. The van der Waals surface area contributed by atoms with Gasteiger partial charge >= 0.3 is 0 Å². The minimum Gasteiger partial charge on any atom is -0.444 e. The van der Waals surface area contributed by atoms with Crippen molar-refractivity contribution in [1.29, 1.82) is 0 Å². The van der Waals surface area contributed by atoms with Crippen molar-refractivity contribution in [2.24, 2.45) is 0 Å². The summed E-state index contributed by atoms with van der Waals surface area (Å²) in [4.78, 5) is 4.34. The van der Waals surface area contributed by atoms with Gasteiger partial charge in [0.05, 0.1) is 17.1 Å². The number of oxazole rings is 1. The molecule has 20 heavy (non-hydrogen) atoms. The Morgan fingerprint density at radius 1 is 1.20 bits per heavy atom. The summed E-state index contributed by atoms with van der Waals surface area (Å²) in [7, 11) is -1.79. The number of benzene rings is 1. The van der Waals surface area contributed by atoms with Crippen LogP contribution >= 0.6 is 0 Å². The topological polar surface area (TPSA) is 84.2 Å². The molecule has 0 aliphatic rings. The van der Waals surface area contributed by atoms with Crippen molar-refractivity contribution >= 4 is 15.7 Å². The van der Waals surface area contributed by atoms with E-state index in [1.807, 2.05) is 6.92 Å². The SMILES string of the molecule is CNc1ccc(S(=O)(=O)NCc2nc(C)c(C)o2)cc1. The first-order valence-corrected chi connectivity index (χ1v) is 7.61. The molecule has 1 aromatic heterocycles. The zero-order valence-electron chi connectivity index (χ0n) is 11.6. The van der Waals surface area contributed by atoms with Crippen LogP contribution in [-0.4, -0.2) is 20.4 Å². The number of rotatable bonds is 5. The first kappa shape index (κ1) is 14.5. The van der Waals surface area contributed by atoms with Crippen LogP contribution < -0.4 is 10.0 Å². The lowest BCUT2D eigenvalue weighted by Crippen LogP contribution is -2.23. The van der Waals surface area contributed by atoms with Crippen molar-refractivity contribution in [1.82, 2.24) is 9.71 Å². The lowest BCUT2D eigenvalue weighted by molar-refractivity contribution is 0.463. The Labute approximate surface area is 118 Å². The predicted octanol–water partition coefficient (Wildman–Crippen LogP) is 1.81.